The Hall–Kier alpha value is -2.49. The number of hydrogen-bond acceptors (Lipinski definition) is 7. The van der Waals surface area contributed by atoms with Gasteiger partial charge in [-0.2, -0.15) is 4.98 Å². The molecule has 2 aromatic heterocycles. The zero-order chi connectivity index (χ0) is 14.0. The first-order valence-corrected chi connectivity index (χ1v) is 5.69. The summed E-state index contributed by atoms with van der Waals surface area (Å²) in [5.41, 5.74) is -1.91. The zero-order valence-electron chi connectivity index (χ0n) is 9.52. The van der Waals surface area contributed by atoms with Gasteiger partial charge in [-0.1, -0.05) is 0 Å². The summed E-state index contributed by atoms with van der Waals surface area (Å²) in [5.74, 6) is -1.18. The Labute approximate surface area is 109 Å². The van der Waals surface area contributed by atoms with Crippen LogP contribution in [0.15, 0.2) is 32.2 Å². The predicted molar refractivity (Wildman–Crippen MR) is 63.2 cm³/mol. The molecular weight excluding hydrogens is 274 g/mol. The molecule has 0 aromatic carbocycles. The average molecular weight is 281 g/mol. The fraction of sp³-hybridized carbons (Fsp3) is 0.111. The molecule has 2 heterocycles. The Kier molecular flexibility index (Phi) is 3.42. The van der Waals surface area contributed by atoms with E-state index in [4.69, 9.17) is 5.11 Å². The molecule has 0 spiro atoms. The zero-order valence-corrected chi connectivity index (χ0v) is 10.3. The van der Waals surface area contributed by atoms with Crippen LogP contribution in [0, 0.1) is 0 Å². The summed E-state index contributed by atoms with van der Waals surface area (Å²) in [7, 11) is 1.51. The van der Waals surface area contributed by atoms with E-state index in [1.165, 1.54) is 17.9 Å². The van der Waals surface area contributed by atoms with Gasteiger partial charge in [-0.3, -0.25) is 19.4 Å². The van der Waals surface area contributed by atoms with E-state index in [2.05, 4.69) is 20.1 Å². The average Bonchev–Trinajstić information content (AvgIpc) is 2.36. The molecule has 10 heteroatoms. The van der Waals surface area contributed by atoms with E-state index in [9.17, 15) is 14.4 Å². The molecule has 19 heavy (non-hydrogen) atoms. The van der Waals surface area contributed by atoms with Crippen molar-refractivity contribution in [1.82, 2.24) is 24.7 Å². The second-order valence-corrected chi connectivity index (χ2v) is 4.33. The molecule has 0 fully saturated rings. The number of carbonyl (C=O) groups is 1. The lowest BCUT2D eigenvalue weighted by Gasteiger charge is -2.04. The first kappa shape index (κ1) is 13.0. The standard InChI is InChI=1S/C9H7N5O4S/c1-14-9(12-6(15)7(16)13-14)19-5-3-10-4(2-11-5)8(17)18/h2-3H,1H3,(H,13,16)(H,17,18). The second-order valence-electron chi connectivity index (χ2n) is 3.35. The van der Waals surface area contributed by atoms with Crippen LogP contribution in [0.5, 0.6) is 0 Å². The van der Waals surface area contributed by atoms with Gasteiger partial charge in [0.25, 0.3) is 0 Å². The molecule has 0 saturated heterocycles. The number of nitrogens with one attached hydrogen (secondary N) is 1. The largest absolute Gasteiger partial charge is 0.476 e. The van der Waals surface area contributed by atoms with Crippen molar-refractivity contribution in [3.05, 3.63) is 38.8 Å². The van der Waals surface area contributed by atoms with Crippen LogP contribution in [-0.2, 0) is 7.05 Å². The van der Waals surface area contributed by atoms with Gasteiger partial charge in [-0.15, -0.1) is 0 Å². The molecular formula is C9H7N5O4S. The third-order valence-corrected chi connectivity index (χ3v) is 2.96. The number of aromatic amines is 1. The number of H-pyrrole nitrogens is 1. The highest BCUT2D eigenvalue weighted by atomic mass is 32.2. The van der Waals surface area contributed by atoms with E-state index in [1.807, 2.05) is 0 Å². The molecule has 9 nitrogen and oxygen atoms in total. The molecule has 2 aromatic rings. The highest BCUT2D eigenvalue weighted by Gasteiger charge is 2.09. The molecule has 98 valence electrons. The Morgan fingerprint density at radius 1 is 1.37 bits per heavy atom. The number of rotatable bonds is 3. The summed E-state index contributed by atoms with van der Waals surface area (Å²) in [6, 6.07) is 0. The van der Waals surface area contributed by atoms with Crippen molar-refractivity contribution < 1.29 is 9.90 Å². The summed E-state index contributed by atoms with van der Waals surface area (Å²) in [6.45, 7) is 0. The smallest absolute Gasteiger partial charge is 0.356 e. The van der Waals surface area contributed by atoms with E-state index in [-0.39, 0.29) is 10.9 Å². The van der Waals surface area contributed by atoms with Crippen LogP contribution in [-0.4, -0.2) is 35.8 Å². The lowest BCUT2D eigenvalue weighted by Crippen LogP contribution is -2.33. The van der Waals surface area contributed by atoms with Crippen LogP contribution in [0.3, 0.4) is 0 Å². The Morgan fingerprint density at radius 2 is 2.11 bits per heavy atom. The molecule has 0 aliphatic heterocycles. The van der Waals surface area contributed by atoms with E-state index in [0.29, 0.717) is 5.03 Å². The van der Waals surface area contributed by atoms with Crippen LogP contribution < -0.4 is 11.1 Å². The number of aromatic nitrogens is 5. The van der Waals surface area contributed by atoms with E-state index in [0.717, 1.165) is 18.0 Å². The van der Waals surface area contributed by atoms with Crippen LogP contribution in [0.4, 0.5) is 0 Å². The van der Waals surface area contributed by atoms with E-state index >= 15 is 0 Å². The summed E-state index contributed by atoms with van der Waals surface area (Å²) in [6.07, 6.45) is 2.33. The minimum Gasteiger partial charge on any atom is -0.476 e. The Balaban J connectivity index is 2.31. The molecule has 0 saturated carbocycles. The number of aryl methyl sites for hydroxylation is 1. The van der Waals surface area contributed by atoms with Crippen LogP contribution >= 0.6 is 11.8 Å². The van der Waals surface area contributed by atoms with Crippen molar-refractivity contribution in [1.29, 1.82) is 0 Å². The SMILES string of the molecule is Cn1[nH]c(=O)c(=O)nc1Sc1cnc(C(=O)O)cn1. The number of hydrogen-bond donors (Lipinski definition) is 2. The molecule has 0 aliphatic rings. The molecule has 2 N–H and O–H groups in total. The van der Waals surface area contributed by atoms with Gasteiger partial charge in [-0.05, 0) is 11.8 Å². The van der Waals surface area contributed by atoms with Crippen molar-refractivity contribution in [2.75, 3.05) is 0 Å². The van der Waals surface area contributed by atoms with Gasteiger partial charge < -0.3 is 5.11 Å². The van der Waals surface area contributed by atoms with Crippen LogP contribution in [0.2, 0.25) is 0 Å². The lowest BCUT2D eigenvalue weighted by molar-refractivity contribution is 0.0689. The highest BCUT2D eigenvalue weighted by Crippen LogP contribution is 2.20. The van der Waals surface area contributed by atoms with Crippen LogP contribution in [0.1, 0.15) is 10.5 Å². The molecule has 0 bridgehead atoms. The number of aromatic carboxylic acids is 1. The fourth-order valence-corrected chi connectivity index (χ4v) is 1.83. The van der Waals surface area contributed by atoms with Crippen molar-refractivity contribution in [2.24, 2.45) is 7.05 Å². The van der Waals surface area contributed by atoms with Gasteiger partial charge in [0.05, 0.1) is 12.4 Å². The topological polar surface area (TPSA) is 131 Å². The first-order chi connectivity index (χ1) is 8.97. The van der Waals surface area contributed by atoms with E-state index in [1.54, 1.807) is 0 Å². The molecule has 0 aliphatic carbocycles. The molecule has 0 amide bonds. The number of carboxylic acids is 1. The minimum absolute atomic E-state index is 0.187. The Morgan fingerprint density at radius 3 is 2.68 bits per heavy atom. The predicted octanol–water partition coefficient (Wildman–Crippen LogP) is -0.892. The second kappa shape index (κ2) is 5.02. The van der Waals surface area contributed by atoms with Crippen molar-refractivity contribution in [3.8, 4) is 0 Å². The van der Waals surface area contributed by atoms with Gasteiger partial charge in [0.2, 0.25) is 0 Å². The molecule has 0 radical (unpaired) electrons. The molecule has 2 rings (SSSR count). The maximum Gasteiger partial charge on any atom is 0.356 e. The third-order valence-electron chi connectivity index (χ3n) is 1.99. The normalized spacial score (nSPS) is 10.4. The minimum atomic E-state index is -1.18. The van der Waals surface area contributed by atoms with Gasteiger partial charge in [0.1, 0.15) is 5.03 Å². The first-order valence-electron chi connectivity index (χ1n) is 4.88. The van der Waals surface area contributed by atoms with Crippen LogP contribution in [0.25, 0.3) is 0 Å². The van der Waals surface area contributed by atoms with Crippen molar-refractivity contribution >= 4 is 17.7 Å². The quantitative estimate of drug-likeness (QED) is 0.692. The van der Waals surface area contributed by atoms with Gasteiger partial charge in [0, 0.05) is 7.05 Å². The van der Waals surface area contributed by atoms with Gasteiger partial charge >= 0.3 is 17.1 Å². The highest BCUT2D eigenvalue weighted by molar-refractivity contribution is 7.99. The maximum atomic E-state index is 11.1. The maximum absolute atomic E-state index is 11.1. The summed E-state index contributed by atoms with van der Waals surface area (Å²) in [5, 5.41) is 11.5. The summed E-state index contributed by atoms with van der Waals surface area (Å²) >= 11 is 0.973. The molecule has 0 atom stereocenters. The van der Waals surface area contributed by atoms with Gasteiger partial charge in [-0.25, -0.2) is 14.8 Å². The third kappa shape index (κ3) is 2.85. The fourth-order valence-electron chi connectivity index (χ4n) is 1.12. The molecule has 0 unspecified atom stereocenters. The lowest BCUT2D eigenvalue weighted by atomic mass is 10.5. The van der Waals surface area contributed by atoms with Gasteiger partial charge in [0.15, 0.2) is 10.9 Å². The summed E-state index contributed by atoms with van der Waals surface area (Å²) in [4.78, 5) is 43.8. The van der Waals surface area contributed by atoms with Crippen molar-refractivity contribution in [2.45, 2.75) is 10.2 Å². The van der Waals surface area contributed by atoms with E-state index < -0.39 is 17.1 Å². The van der Waals surface area contributed by atoms with Crippen molar-refractivity contribution in [3.63, 3.8) is 0 Å². The monoisotopic (exact) mass is 281 g/mol. The summed E-state index contributed by atoms with van der Waals surface area (Å²) < 4.78 is 1.27. The number of carboxylic acid groups (broad SMARTS) is 1. The Bertz CT molecular complexity index is 736. The number of nitrogens with zero attached hydrogens (tertiary/aromatic N) is 4.